The van der Waals surface area contributed by atoms with E-state index in [1.165, 1.54) is 29.2 Å². The summed E-state index contributed by atoms with van der Waals surface area (Å²) in [5.74, 6) is -0.366. The van der Waals surface area contributed by atoms with E-state index in [-0.39, 0.29) is 28.9 Å². The molecule has 9 nitrogen and oxygen atoms in total. The van der Waals surface area contributed by atoms with Gasteiger partial charge in [-0.2, -0.15) is 8.78 Å². The predicted octanol–water partition coefficient (Wildman–Crippen LogP) is 3.06. The highest BCUT2D eigenvalue weighted by Gasteiger charge is 2.34. The van der Waals surface area contributed by atoms with Crippen LogP contribution in [0.4, 0.5) is 19.6 Å². The Hall–Kier alpha value is -2.80. The number of esters is 1. The number of alkyl halides is 2. The van der Waals surface area contributed by atoms with E-state index in [0.29, 0.717) is 29.2 Å². The molecule has 0 bridgehead atoms. The van der Waals surface area contributed by atoms with Crippen LogP contribution in [-0.2, 0) is 29.4 Å². The van der Waals surface area contributed by atoms with Crippen molar-refractivity contribution >= 4 is 51.4 Å². The molecule has 3 N–H and O–H groups in total. The van der Waals surface area contributed by atoms with Crippen molar-refractivity contribution in [3.63, 3.8) is 0 Å². The molecule has 0 unspecified atom stereocenters. The molecule has 0 radical (unpaired) electrons. The van der Waals surface area contributed by atoms with Gasteiger partial charge in [0.1, 0.15) is 10.8 Å². The van der Waals surface area contributed by atoms with Gasteiger partial charge in [-0.05, 0) is 49.9 Å². The number of ether oxygens (including phenoxy) is 2. The van der Waals surface area contributed by atoms with E-state index >= 15 is 0 Å². The third-order valence-electron chi connectivity index (χ3n) is 5.48. The molecule has 1 atom stereocenters. The molecule has 0 aliphatic heterocycles. The van der Waals surface area contributed by atoms with Gasteiger partial charge < -0.3 is 25.4 Å². The van der Waals surface area contributed by atoms with Gasteiger partial charge in [0.05, 0.1) is 12.7 Å². The fourth-order valence-electron chi connectivity index (χ4n) is 3.72. The Bertz CT molecular complexity index is 1080. The van der Waals surface area contributed by atoms with Crippen LogP contribution in [0.1, 0.15) is 40.1 Å². The first-order valence-electron chi connectivity index (χ1n) is 10.3. The standard InChI is InChI=1S/C20H23F2N5O4S2/c1-27-13(8-14(26-27)31-19(21)22)24-20(32)23-10-5-6-12-11(7-10)15(18(29)30-2)17(33-12)25-16(28)9-3-4-9/h8-10,19H,3-7H2,1-2H3,(H,25,28)(H2,23,24,32)/t10-/m0/s1. The quantitative estimate of drug-likeness (QED) is 0.394. The molecule has 2 aromatic heterocycles. The Kier molecular flexibility index (Phi) is 6.79. The lowest BCUT2D eigenvalue weighted by atomic mass is 9.91. The molecular formula is C20H23F2N5O4S2. The minimum absolute atomic E-state index is 0.0195. The zero-order valence-corrected chi connectivity index (χ0v) is 19.6. The van der Waals surface area contributed by atoms with Crippen molar-refractivity contribution in [3.05, 3.63) is 22.1 Å². The fourth-order valence-corrected chi connectivity index (χ4v) is 5.22. The third-order valence-corrected chi connectivity index (χ3v) is 6.91. The smallest absolute Gasteiger partial charge is 0.388 e. The first-order chi connectivity index (χ1) is 15.7. The molecular weight excluding hydrogens is 476 g/mol. The number of fused-ring (bicyclic) bond motifs is 1. The number of thiophene rings is 1. The Morgan fingerprint density at radius 2 is 2.06 bits per heavy atom. The number of aromatic nitrogens is 2. The first kappa shape index (κ1) is 23.4. The second-order valence-electron chi connectivity index (χ2n) is 7.87. The summed E-state index contributed by atoms with van der Waals surface area (Å²) in [6, 6.07) is 1.25. The van der Waals surface area contributed by atoms with Gasteiger partial charge in [0.15, 0.2) is 5.11 Å². The number of hydrogen-bond donors (Lipinski definition) is 3. The minimum atomic E-state index is -2.97. The Morgan fingerprint density at radius 3 is 2.73 bits per heavy atom. The van der Waals surface area contributed by atoms with Gasteiger partial charge in [-0.25, -0.2) is 9.48 Å². The second kappa shape index (κ2) is 9.59. The number of thiocarbonyl (C=S) groups is 1. The molecule has 2 aliphatic carbocycles. The van der Waals surface area contributed by atoms with Crippen LogP contribution < -0.4 is 20.7 Å². The molecule has 178 valence electrons. The lowest BCUT2D eigenvalue weighted by Crippen LogP contribution is -2.41. The van der Waals surface area contributed by atoms with Crippen molar-refractivity contribution in [1.29, 1.82) is 0 Å². The number of methoxy groups -OCH3 is 1. The van der Waals surface area contributed by atoms with Crippen LogP contribution in [0, 0.1) is 5.92 Å². The zero-order valence-electron chi connectivity index (χ0n) is 17.9. The van der Waals surface area contributed by atoms with Crippen LogP contribution in [0.3, 0.4) is 0 Å². The second-order valence-corrected chi connectivity index (χ2v) is 9.38. The highest BCUT2D eigenvalue weighted by Crippen LogP contribution is 2.40. The van der Waals surface area contributed by atoms with E-state index in [1.807, 2.05) is 0 Å². The Morgan fingerprint density at radius 1 is 1.30 bits per heavy atom. The SMILES string of the molecule is COC(=O)c1c(NC(=O)C2CC2)sc2c1C[C@@H](NC(=S)Nc1cc(OC(F)F)nn1C)CC2. The average molecular weight is 500 g/mol. The molecule has 2 heterocycles. The predicted molar refractivity (Wildman–Crippen MR) is 122 cm³/mol. The number of nitrogens with zero attached hydrogens (tertiary/aromatic N) is 2. The van der Waals surface area contributed by atoms with Crippen molar-refractivity contribution < 1.29 is 27.8 Å². The van der Waals surface area contributed by atoms with Crippen LogP contribution >= 0.6 is 23.6 Å². The lowest BCUT2D eigenvalue weighted by molar-refractivity contribution is -0.117. The summed E-state index contributed by atoms with van der Waals surface area (Å²) in [6.45, 7) is -2.97. The van der Waals surface area contributed by atoms with Crippen LogP contribution in [0.15, 0.2) is 6.07 Å². The number of amides is 1. The maximum absolute atomic E-state index is 12.5. The molecule has 0 spiro atoms. The molecule has 1 saturated carbocycles. The highest BCUT2D eigenvalue weighted by molar-refractivity contribution is 7.80. The number of rotatable bonds is 7. The molecule has 0 aromatic carbocycles. The molecule has 2 aromatic rings. The Balaban J connectivity index is 1.44. The van der Waals surface area contributed by atoms with Crippen LogP contribution in [0.25, 0.3) is 0 Å². The first-order valence-corrected chi connectivity index (χ1v) is 11.6. The van der Waals surface area contributed by atoms with Crippen LogP contribution in [0.5, 0.6) is 5.88 Å². The summed E-state index contributed by atoms with van der Waals surface area (Å²) < 4.78 is 35.4. The number of halogens is 2. The fraction of sp³-hybridized carbons (Fsp3) is 0.500. The molecule has 4 rings (SSSR count). The van der Waals surface area contributed by atoms with Crippen molar-refractivity contribution in [3.8, 4) is 5.88 Å². The van der Waals surface area contributed by atoms with Gasteiger partial charge in [-0.15, -0.1) is 16.4 Å². The van der Waals surface area contributed by atoms with E-state index in [1.54, 1.807) is 7.05 Å². The summed E-state index contributed by atoms with van der Waals surface area (Å²) in [5.41, 5.74) is 1.25. The van der Waals surface area contributed by atoms with Gasteiger partial charge in [0.25, 0.3) is 0 Å². The lowest BCUT2D eigenvalue weighted by Gasteiger charge is -2.25. The van der Waals surface area contributed by atoms with Gasteiger partial charge in [-0.3, -0.25) is 4.79 Å². The normalized spacial score (nSPS) is 17.3. The topological polar surface area (TPSA) is 107 Å². The van der Waals surface area contributed by atoms with Gasteiger partial charge >= 0.3 is 12.6 Å². The largest absolute Gasteiger partial charge is 0.465 e. The number of carbonyl (C=O) groups excluding carboxylic acids is 2. The molecule has 1 amide bonds. The minimum Gasteiger partial charge on any atom is -0.465 e. The Labute approximate surface area is 197 Å². The van der Waals surface area contributed by atoms with Gasteiger partial charge in [-0.1, -0.05) is 0 Å². The maximum atomic E-state index is 12.5. The highest BCUT2D eigenvalue weighted by atomic mass is 32.1. The zero-order chi connectivity index (χ0) is 23.7. The summed E-state index contributed by atoms with van der Waals surface area (Å²) >= 11 is 6.80. The summed E-state index contributed by atoms with van der Waals surface area (Å²) in [7, 11) is 2.89. The molecule has 33 heavy (non-hydrogen) atoms. The van der Waals surface area contributed by atoms with E-state index in [0.717, 1.165) is 29.7 Å². The van der Waals surface area contributed by atoms with Crippen molar-refractivity contribution in [2.75, 3.05) is 17.7 Å². The molecule has 13 heteroatoms. The number of hydrogen-bond acceptors (Lipinski definition) is 7. The van der Waals surface area contributed by atoms with Gasteiger partial charge in [0, 0.05) is 30.0 Å². The molecule has 0 saturated heterocycles. The summed E-state index contributed by atoms with van der Waals surface area (Å²) in [6.07, 6.45) is 3.72. The number of carbonyl (C=O) groups is 2. The van der Waals surface area contributed by atoms with E-state index in [9.17, 15) is 18.4 Å². The van der Waals surface area contributed by atoms with E-state index < -0.39 is 12.6 Å². The number of nitrogens with one attached hydrogen (secondary N) is 3. The van der Waals surface area contributed by atoms with Gasteiger partial charge in [0.2, 0.25) is 11.8 Å². The number of aryl methyl sites for hydroxylation is 2. The van der Waals surface area contributed by atoms with Crippen LogP contribution in [0.2, 0.25) is 0 Å². The maximum Gasteiger partial charge on any atom is 0.388 e. The van der Waals surface area contributed by atoms with E-state index in [2.05, 4.69) is 25.8 Å². The monoisotopic (exact) mass is 499 g/mol. The van der Waals surface area contributed by atoms with Crippen molar-refractivity contribution in [2.45, 2.75) is 44.8 Å². The summed E-state index contributed by atoms with van der Waals surface area (Å²) in [4.78, 5) is 25.8. The van der Waals surface area contributed by atoms with Crippen molar-refractivity contribution in [2.24, 2.45) is 13.0 Å². The van der Waals surface area contributed by atoms with E-state index in [4.69, 9.17) is 17.0 Å². The average Bonchev–Trinajstić information content (AvgIpc) is 3.47. The summed E-state index contributed by atoms with van der Waals surface area (Å²) in [5, 5.41) is 13.7. The van der Waals surface area contributed by atoms with Crippen LogP contribution in [-0.4, -0.2) is 46.5 Å². The third kappa shape index (κ3) is 5.41. The molecule has 1 fully saturated rings. The number of anilines is 2. The van der Waals surface area contributed by atoms with Crippen molar-refractivity contribution in [1.82, 2.24) is 15.1 Å². The molecule has 2 aliphatic rings.